The summed E-state index contributed by atoms with van der Waals surface area (Å²) < 4.78 is 28.9. The Morgan fingerprint density at radius 2 is 1.94 bits per heavy atom. The van der Waals surface area contributed by atoms with Gasteiger partial charge in [0.2, 0.25) is 0 Å². The van der Waals surface area contributed by atoms with E-state index < -0.39 is 15.1 Å². The minimum Gasteiger partial charge on any atom is -0.493 e. The minimum absolute atomic E-state index is 0.0308. The standard InChI is InChI=1S/C12H19NO3S/c1-11(7-8-13)17(14,15)10-9-16-12-5-3-2-4-6-12/h2-6,11H,7-10,13H2,1H3. The number of benzene rings is 1. The van der Waals surface area contributed by atoms with Crippen molar-refractivity contribution in [1.82, 2.24) is 0 Å². The number of para-hydroxylation sites is 1. The molecular weight excluding hydrogens is 238 g/mol. The van der Waals surface area contributed by atoms with Crippen LogP contribution in [0.5, 0.6) is 5.75 Å². The molecule has 1 unspecified atom stereocenters. The van der Waals surface area contributed by atoms with Crippen molar-refractivity contribution in [2.45, 2.75) is 18.6 Å². The monoisotopic (exact) mass is 257 g/mol. The third-order valence-electron chi connectivity index (χ3n) is 2.57. The van der Waals surface area contributed by atoms with Gasteiger partial charge in [-0.15, -0.1) is 0 Å². The highest BCUT2D eigenvalue weighted by atomic mass is 32.2. The van der Waals surface area contributed by atoms with Crippen LogP contribution in [0.15, 0.2) is 30.3 Å². The number of nitrogens with two attached hydrogens (primary N) is 1. The first-order chi connectivity index (χ1) is 8.06. The fraction of sp³-hybridized carbons (Fsp3) is 0.500. The first-order valence-corrected chi connectivity index (χ1v) is 7.37. The summed E-state index contributed by atoms with van der Waals surface area (Å²) >= 11 is 0. The summed E-state index contributed by atoms with van der Waals surface area (Å²) in [4.78, 5) is 0. The lowest BCUT2D eigenvalue weighted by Gasteiger charge is -2.12. The molecule has 0 saturated carbocycles. The lowest BCUT2D eigenvalue weighted by molar-refractivity contribution is 0.340. The third-order valence-corrected chi connectivity index (χ3v) is 4.76. The highest BCUT2D eigenvalue weighted by molar-refractivity contribution is 7.92. The van der Waals surface area contributed by atoms with Crippen LogP contribution in [0.25, 0.3) is 0 Å². The van der Waals surface area contributed by atoms with Crippen LogP contribution in [0.2, 0.25) is 0 Å². The molecule has 0 spiro atoms. The van der Waals surface area contributed by atoms with E-state index in [1.54, 1.807) is 19.1 Å². The zero-order valence-electron chi connectivity index (χ0n) is 10.0. The summed E-state index contributed by atoms with van der Waals surface area (Å²) in [6, 6.07) is 9.18. The van der Waals surface area contributed by atoms with Crippen LogP contribution in [0, 0.1) is 0 Å². The number of sulfone groups is 1. The molecule has 0 aromatic heterocycles. The molecule has 1 aromatic carbocycles. The zero-order chi connectivity index (χ0) is 12.7. The molecule has 0 amide bonds. The Hall–Kier alpha value is -1.07. The van der Waals surface area contributed by atoms with Gasteiger partial charge in [-0.2, -0.15) is 0 Å². The Morgan fingerprint density at radius 1 is 1.29 bits per heavy atom. The molecule has 4 nitrogen and oxygen atoms in total. The average Bonchev–Trinajstić information content (AvgIpc) is 2.30. The van der Waals surface area contributed by atoms with Crippen LogP contribution in [0.4, 0.5) is 0 Å². The van der Waals surface area contributed by atoms with E-state index in [9.17, 15) is 8.42 Å². The van der Waals surface area contributed by atoms with E-state index in [4.69, 9.17) is 10.5 Å². The summed E-state index contributed by atoms with van der Waals surface area (Å²) in [5, 5.41) is -0.396. The predicted molar refractivity (Wildman–Crippen MR) is 68.9 cm³/mol. The molecule has 17 heavy (non-hydrogen) atoms. The van der Waals surface area contributed by atoms with Gasteiger partial charge in [0.1, 0.15) is 12.4 Å². The molecule has 5 heteroatoms. The number of hydrogen-bond donors (Lipinski definition) is 1. The van der Waals surface area contributed by atoms with Gasteiger partial charge in [0.15, 0.2) is 9.84 Å². The Morgan fingerprint density at radius 3 is 2.53 bits per heavy atom. The molecule has 0 radical (unpaired) electrons. The Bertz CT molecular complexity index is 417. The SMILES string of the molecule is CC(CCN)S(=O)(=O)CCOc1ccccc1. The Kier molecular flexibility index (Phi) is 5.44. The number of hydrogen-bond acceptors (Lipinski definition) is 4. The molecule has 0 aliphatic carbocycles. The third kappa shape index (κ3) is 4.75. The highest BCUT2D eigenvalue weighted by Crippen LogP contribution is 2.10. The predicted octanol–water partition coefficient (Wildman–Crippen LogP) is 1.22. The van der Waals surface area contributed by atoms with E-state index >= 15 is 0 Å². The van der Waals surface area contributed by atoms with E-state index in [0.717, 1.165) is 0 Å². The van der Waals surface area contributed by atoms with Crippen molar-refractivity contribution >= 4 is 9.84 Å². The molecule has 1 aromatic rings. The summed E-state index contributed by atoms with van der Waals surface area (Å²) in [7, 11) is -3.10. The average molecular weight is 257 g/mol. The van der Waals surface area contributed by atoms with Crippen LogP contribution in [0.1, 0.15) is 13.3 Å². The molecule has 0 saturated heterocycles. The molecule has 0 heterocycles. The van der Waals surface area contributed by atoms with Gasteiger partial charge < -0.3 is 10.5 Å². The molecule has 1 rings (SSSR count). The zero-order valence-corrected chi connectivity index (χ0v) is 10.8. The van der Waals surface area contributed by atoms with Gasteiger partial charge in [-0.05, 0) is 32.0 Å². The molecule has 0 bridgehead atoms. The van der Waals surface area contributed by atoms with Crippen molar-refractivity contribution in [1.29, 1.82) is 0 Å². The van der Waals surface area contributed by atoms with Crippen LogP contribution in [0.3, 0.4) is 0 Å². The second-order valence-corrected chi connectivity index (χ2v) is 6.46. The minimum atomic E-state index is -3.10. The Balaban J connectivity index is 2.40. The molecule has 0 aliphatic rings. The van der Waals surface area contributed by atoms with Crippen LogP contribution >= 0.6 is 0 Å². The quantitative estimate of drug-likeness (QED) is 0.797. The van der Waals surface area contributed by atoms with Gasteiger partial charge in [-0.1, -0.05) is 18.2 Å². The summed E-state index contributed by atoms with van der Waals surface area (Å²) in [5.41, 5.74) is 5.35. The number of ether oxygens (including phenoxy) is 1. The van der Waals surface area contributed by atoms with Crippen LogP contribution in [-0.2, 0) is 9.84 Å². The molecule has 1 atom stereocenters. The van der Waals surface area contributed by atoms with E-state index in [1.807, 2.05) is 18.2 Å². The van der Waals surface area contributed by atoms with E-state index in [-0.39, 0.29) is 12.4 Å². The summed E-state index contributed by atoms with van der Waals surface area (Å²) in [6.07, 6.45) is 0.494. The highest BCUT2D eigenvalue weighted by Gasteiger charge is 2.19. The maximum Gasteiger partial charge on any atom is 0.156 e. The van der Waals surface area contributed by atoms with Crippen LogP contribution < -0.4 is 10.5 Å². The lowest BCUT2D eigenvalue weighted by Crippen LogP contribution is -2.26. The van der Waals surface area contributed by atoms with Crippen molar-refractivity contribution in [2.75, 3.05) is 18.9 Å². The molecule has 0 aliphatic heterocycles. The first-order valence-electron chi connectivity index (χ1n) is 5.66. The van der Waals surface area contributed by atoms with Crippen molar-refractivity contribution < 1.29 is 13.2 Å². The van der Waals surface area contributed by atoms with Crippen molar-refractivity contribution in [3.05, 3.63) is 30.3 Å². The van der Waals surface area contributed by atoms with Gasteiger partial charge >= 0.3 is 0 Å². The van der Waals surface area contributed by atoms with Crippen molar-refractivity contribution in [3.8, 4) is 5.75 Å². The molecule has 96 valence electrons. The molecular formula is C12H19NO3S. The van der Waals surface area contributed by atoms with E-state index in [1.165, 1.54) is 0 Å². The summed E-state index contributed by atoms with van der Waals surface area (Å²) in [6.45, 7) is 2.26. The maximum absolute atomic E-state index is 11.8. The van der Waals surface area contributed by atoms with Gasteiger partial charge in [0.25, 0.3) is 0 Å². The Labute approximate surface area is 103 Å². The fourth-order valence-corrected chi connectivity index (χ4v) is 2.62. The van der Waals surface area contributed by atoms with Gasteiger partial charge in [0.05, 0.1) is 11.0 Å². The summed E-state index contributed by atoms with van der Waals surface area (Å²) in [5.74, 6) is 0.720. The smallest absolute Gasteiger partial charge is 0.156 e. The van der Waals surface area contributed by atoms with Gasteiger partial charge in [0, 0.05) is 0 Å². The second kappa shape index (κ2) is 6.61. The van der Waals surface area contributed by atoms with E-state index in [2.05, 4.69) is 0 Å². The second-order valence-electron chi connectivity index (χ2n) is 3.92. The molecule has 0 fully saturated rings. The van der Waals surface area contributed by atoms with Crippen molar-refractivity contribution in [2.24, 2.45) is 5.73 Å². The van der Waals surface area contributed by atoms with E-state index in [0.29, 0.717) is 18.7 Å². The fourth-order valence-electron chi connectivity index (χ4n) is 1.41. The van der Waals surface area contributed by atoms with Gasteiger partial charge in [-0.25, -0.2) is 8.42 Å². The first kappa shape index (κ1) is 14.0. The normalized spacial score (nSPS) is 13.3. The van der Waals surface area contributed by atoms with Gasteiger partial charge in [-0.3, -0.25) is 0 Å². The van der Waals surface area contributed by atoms with Crippen LogP contribution in [-0.4, -0.2) is 32.6 Å². The maximum atomic E-state index is 11.8. The lowest BCUT2D eigenvalue weighted by atomic mass is 10.3. The number of rotatable bonds is 7. The largest absolute Gasteiger partial charge is 0.493 e. The molecule has 2 N–H and O–H groups in total. The topological polar surface area (TPSA) is 69.4 Å². The van der Waals surface area contributed by atoms with Crippen molar-refractivity contribution in [3.63, 3.8) is 0 Å².